The third-order valence-electron chi connectivity index (χ3n) is 2.95. The van der Waals surface area contributed by atoms with Crippen molar-refractivity contribution in [1.29, 1.82) is 0 Å². The second kappa shape index (κ2) is 4.64. The highest BCUT2D eigenvalue weighted by Crippen LogP contribution is 2.28. The first-order valence-corrected chi connectivity index (χ1v) is 5.83. The third-order valence-corrected chi connectivity index (χ3v) is 2.95. The van der Waals surface area contributed by atoms with Crippen LogP contribution >= 0.6 is 0 Å². The molecular formula is C14H9F3N2O. The predicted molar refractivity (Wildman–Crippen MR) is 67.2 cm³/mol. The normalized spacial score (nSPS) is 11.2. The number of halogens is 3. The van der Waals surface area contributed by atoms with Gasteiger partial charge in [0.2, 0.25) is 5.89 Å². The van der Waals surface area contributed by atoms with Crippen LogP contribution in [0.1, 0.15) is 5.56 Å². The number of oxazole rings is 1. The fraction of sp³-hybridized carbons (Fsp3) is 0.0714. The Morgan fingerprint density at radius 1 is 1.05 bits per heavy atom. The molecule has 0 spiro atoms. The predicted octanol–water partition coefficient (Wildman–Crippen LogP) is 3.37. The molecule has 20 heavy (non-hydrogen) atoms. The maximum absolute atomic E-state index is 13.7. The van der Waals surface area contributed by atoms with Crippen molar-refractivity contribution in [3.05, 3.63) is 53.3 Å². The number of rotatable bonds is 2. The van der Waals surface area contributed by atoms with Crippen molar-refractivity contribution < 1.29 is 17.6 Å². The Labute approximate surface area is 111 Å². The Morgan fingerprint density at radius 2 is 1.85 bits per heavy atom. The van der Waals surface area contributed by atoms with Crippen molar-refractivity contribution >= 4 is 11.1 Å². The van der Waals surface area contributed by atoms with Crippen LogP contribution < -0.4 is 5.73 Å². The van der Waals surface area contributed by atoms with Crippen LogP contribution in [0.2, 0.25) is 0 Å². The molecule has 3 aromatic rings. The van der Waals surface area contributed by atoms with Gasteiger partial charge in [0.15, 0.2) is 23.0 Å². The fourth-order valence-corrected chi connectivity index (χ4v) is 1.91. The van der Waals surface area contributed by atoms with Crippen molar-refractivity contribution in [1.82, 2.24) is 4.98 Å². The van der Waals surface area contributed by atoms with Gasteiger partial charge in [-0.2, -0.15) is 0 Å². The number of nitrogens with zero attached hydrogens (tertiary/aromatic N) is 1. The van der Waals surface area contributed by atoms with Gasteiger partial charge in [-0.15, -0.1) is 0 Å². The minimum Gasteiger partial charge on any atom is -0.436 e. The van der Waals surface area contributed by atoms with E-state index in [-0.39, 0.29) is 11.5 Å². The first-order chi connectivity index (χ1) is 9.60. The smallest absolute Gasteiger partial charge is 0.230 e. The molecule has 0 unspecified atom stereocenters. The van der Waals surface area contributed by atoms with E-state index in [2.05, 4.69) is 4.98 Å². The van der Waals surface area contributed by atoms with E-state index in [1.54, 1.807) is 18.2 Å². The number of benzene rings is 2. The summed E-state index contributed by atoms with van der Waals surface area (Å²) < 4.78 is 45.1. The van der Waals surface area contributed by atoms with E-state index in [1.807, 2.05) is 0 Å². The van der Waals surface area contributed by atoms with Crippen LogP contribution in [0, 0.1) is 17.5 Å². The zero-order chi connectivity index (χ0) is 14.3. The van der Waals surface area contributed by atoms with E-state index >= 15 is 0 Å². The lowest BCUT2D eigenvalue weighted by atomic mass is 10.2. The molecule has 0 aliphatic carbocycles. The third kappa shape index (κ3) is 1.94. The summed E-state index contributed by atoms with van der Waals surface area (Å²) in [5, 5.41) is 0. The van der Waals surface area contributed by atoms with Gasteiger partial charge >= 0.3 is 0 Å². The summed E-state index contributed by atoms with van der Waals surface area (Å²) in [7, 11) is 0. The molecule has 0 amide bonds. The van der Waals surface area contributed by atoms with Gasteiger partial charge in [0.05, 0.1) is 5.56 Å². The Kier molecular flexibility index (Phi) is 2.94. The van der Waals surface area contributed by atoms with Gasteiger partial charge in [-0.25, -0.2) is 18.2 Å². The number of hydrogen-bond acceptors (Lipinski definition) is 3. The van der Waals surface area contributed by atoms with E-state index in [9.17, 15) is 13.2 Å². The van der Waals surface area contributed by atoms with E-state index in [4.69, 9.17) is 10.2 Å². The lowest BCUT2D eigenvalue weighted by Crippen LogP contribution is -1.95. The molecule has 0 aliphatic heterocycles. The van der Waals surface area contributed by atoms with E-state index in [1.165, 1.54) is 0 Å². The van der Waals surface area contributed by atoms with Gasteiger partial charge in [-0.05, 0) is 29.8 Å². The highest BCUT2D eigenvalue weighted by Gasteiger charge is 2.18. The standard InChI is InChI=1S/C14H9F3N2O/c15-9-3-2-8(12(16)13(9)17)14-19-10-5-7(6-18)1-4-11(10)20-14/h1-5H,6,18H2. The Bertz CT molecular complexity index is 798. The van der Waals surface area contributed by atoms with Gasteiger partial charge in [-0.1, -0.05) is 6.07 Å². The molecular weight excluding hydrogens is 269 g/mol. The molecule has 2 N–H and O–H groups in total. The van der Waals surface area contributed by atoms with E-state index in [0.29, 0.717) is 17.6 Å². The highest BCUT2D eigenvalue weighted by molar-refractivity contribution is 5.77. The minimum atomic E-state index is -1.55. The molecule has 0 saturated heterocycles. The zero-order valence-corrected chi connectivity index (χ0v) is 10.2. The molecule has 1 heterocycles. The maximum Gasteiger partial charge on any atom is 0.230 e. The molecule has 0 bridgehead atoms. The van der Waals surface area contributed by atoms with Crippen molar-refractivity contribution in [3.63, 3.8) is 0 Å². The summed E-state index contributed by atoms with van der Waals surface area (Å²) in [6.07, 6.45) is 0. The summed E-state index contributed by atoms with van der Waals surface area (Å²) in [5.74, 6) is -4.23. The monoisotopic (exact) mass is 278 g/mol. The molecule has 0 aliphatic rings. The van der Waals surface area contributed by atoms with Crippen molar-refractivity contribution in [2.24, 2.45) is 5.73 Å². The summed E-state index contributed by atoms with van der Waals surface area (Å²) in [5.41, 5.74) is 7.02. The number of fused-ring (bicyclic) bond motifs is 1. The van der Waals surface area contributed by atoms with Crippen LogP contribution in [0.3, 0.4) is 0 Å². The van der Waals surface area contributed by atoms with Crippen LogP contribution in [-0.4, -0.2) is 4.98 Å². The van der Waals surface area contributed by atoms with Gasteiger partial charge in [0.25, 0.3) is 0 Å². The quantitative estimate of drug-likeness (QED) is 0.731. The van der Waals surface area contributed by atoms with Gasteiger partial charge in [0.1, 0.15) is 5.52 Å². The largest absolute Gasteiger partial charge is 0.436 e. The molecule has 1 aromatic heterocycles. The molecule has 0 saturated carbocycles. The number of hydrogen-bond donors (Lipinski definition) is 1. The summed E-state index contributed by atoms with van der Waals surface area (Å²) in [6.45, 7) is 0.331. The van der Waals surface area contributed by atoms with Crippen LogP contribution in [-0.2, 0) is 6.54 Å². The fourth-order valence-electron chi connectivity index (χ4n) is 1.91. The van der Waals surface area contributed by atoms with Crippen LogP contribution in [0.5, 0.6) is 0 Å². The van der Waals surface area contributed by atoms with Crippen molar-refractivity contribution in [3.8, 4) is 11.5 Å². The topological polar surface area (TPSA) is 52.0 Å². The Balaban J connectivity index is 2.17. The molecule has 0 fully saturated rings. The average Bonchev–Trinajstić information content (AvgIpc) is 2.87. The van der Waals surface area contributed by atoms with Crippen LogP contribution in [0.15, 0.2) is 34.7 Å². The maximum atomic E-state index is 13.7. The highest BCUT2D eigenvalue weighted by atomic mass is 19.2. The molecule has 6 heteroatoms. The lowest BCUT2D eigenvalue weighted by molar-refractivity contribution is 0.446. The zero-order valence-electron chi connectivity index (χ0n) is 10.2. The molecule has 102 valence electrons. The van der Waals surface area contributed by atoms with Crippen LogP contribution in [0.4, 0.5) is 13.2 Å². The second-order valence-electron chi connectivity index (χ2n) is 4.25. The van der Waals surface area contributed by atoms with Crippen LogP contribution in [0.25, 0.3) is 22.6 Å². The molecule has 0 radical (unpaired) electrons. The number of aromatic nitrogens is 1. The Hall–Kier alpha value is -2.34. The van der Waals surface area contributed by atoms with E-state index < -0.39 is 17.5 Å². The first kappa shape index (κ1) is 12.7. The molecule has 2 aromatic carbocycles. The second-order valence-corrected chi connectivity index (χ2v) is 4.25. The molecule has 3 rings (SSSR count). The first-order valence-electron chi connectivity index (χ1n) is 5.83. The summed E-state index contributed by atoms with van der Waals surface area (Å²) in [4.78, 5) is 4.07. The molecule has 0 atom stereocenters. The lowest BCUT2D eigenvalue weighted by Gasteiger charge is -1.99. The summed E-state index contributed by atoms with van der Waals surface area (Å²) in [6, 6.07) is 7.00. The summed E-state index contributed by atoms with van der Waals surface area (Å²) >= 11 is 0. The van der Waals surface area contributed by atoms with Crippen molar-refractivity contribution in [2.75, 3.05) is 0 Å². The average molecular weight is 278 g/mol. The minimum absolute atomic E-state index is 0.106. The van der Waals surface area contributed by atoms with Gasteiger partial charge in [-0.3, -0.25) is 0 Å². The van der Waals surface area contributed by atoms with Gasteiger partial charge < -0.3 is 10.2 Å². The number of nitrogens with two attached hydrogens (primary N) is 1. The van der Waals surface area contributed by atoms with Gasteiger partial charge in [0, 0.05) is 6.54 Å². The van der Waals surface area contributed by atoms with E-state index in [0.717, 1.165) is 17.7 Å². The van der Waals surface area contributed by atoms with Crippen molar-refractivity contribution in [2.45, 2.75) is 6.54 Å². The molecule has 3 nitrogen and oxygen atoms in total. The Morgan fingerprint density at radius 3 is 2.60 bits per heavy atom. The SMILES string of the molecule is NCc1ccc2oc(-c3ccc(F)c(F)c3F)nc2c1.